The Morgan fingerprint density at radius 3 is 2.62 bits per heavy atom. The molecule has 0 radical (unpaired) electrons. The van der Waals surface area contributed by atoms with Crippen LogP contribution in [-0.4, -0.2) is 17.6 Å². The second-order valence-electron chi connectivity index (χ2n) is 4.31. The lowest BCUT2D eigenvalue weighted by molar-refractivity contribution is 0.456. The lowest BCUT2D eigenvalue weighted by atomic mass is 10.1. The minimum absolute atomic E-state index is 0.696. The second-order valence-corrected chi connectivity index (χ2v) is 4.31. The van der Waals surface area contributed by atoms with Gasteiger partial charge in [0, 0.05) is 18.4 Å². The first kappa shape index (κ1) is 13.2. The summed E-state index contributed by atoms with van der Waals surface area (Å²) in [6.07, 6.45) is 10.0. The van der Waals surface area contributed by atoms with Gasteiger partial charge in [-0.05, 0) is 43.5 Å². The zero-order chi connectivity index (χ0) is 11.6. The Labute approximate surface area is 99.5 Å². The maximum absolute atomic E-state index is 4.02. The van der Waals surface area contributed by atoms with E-state index in [1.165, 1.54) is 31.2 Å². The molecule has 0 amide bonds. The number of rotatable bonds is 8. The molecule has 1 aromatic heterocycles. The van der Waals surface area contributed by atoms with Gasteiger partial charge >= 0.3 is 0 Å². The highest BCUT2D eigenvalue weighted by Gasteiger charge is 2.03. The van der Waals surface area contributed by atoms with Crippen molar-refractivity contribution < 1.29 is 0 Å². The number of unbranched alkanes of at least 4 members (excludes halogenated alkanes) is 1. The Morgan fingerprint density at radius 2 is 2.00 bits per heavy atom. The minimum Gasteiger partial charge on any atom is -0.314 e. The maximum Gasteiger partial charge on any atom is 0.0270 e. The van der Waals surface area contributed by atoms with Crippen molar-refractivity contribution in [3.05, 3.63) is 30.1 Å². The van der Waals surface area contributed by atoms with E-state index in [4.69, 9.17) is 0 Å². The highest BCUT2D eigenvalue weighted by atomic mass is 14.9. The largest absolute Gasteiger partial charge is 0.314 e. The fourth-order valence-electron chi connectivity index (χ4n) is 1.87. The molecule has 16 heavy (non-hydrogen) atoms. The molecule has 0 spiro atoms. The summed E-state index contributed by atoms with van der Waals surface area (Å²) < 4.78 is 0. The molecule has 1 N–H and O–H groups in total. The number of nitrogens with one attached hydrogen (secondary N) is 1. The van der Waals surface area contributed by atoms with Crippen LogP contribution < -0.4 is 5.32 Å². The zero-order valence-electron chi connectivity index (χ0n) is 10.6. The van der Waals surface area contributed by atoms with Crippen molar-refractivity contribution in [3.63, 3.8) is 0 Å². The SMILES string of the molecule is CCCCC(CC)NCCc1ccncc1. The van der Waals surface area contributed by atoms with E-state index in [2.05, 4.69) is 36.3 Å². The Morgan fingerprint density at radius 1 is 1.25 bits per heavy atom. The molecule has 0 aliphatic carbocycles. The third-order valence-electron chi connectivity index (χ3n) is 2.99. The molecule has 2 nitrogen and oxygen atoms in total. The summed E-state index contributed by atoms with van der Waals surface area (Å²) in [5.41, 5.74) is 1.37. The smallest absolute Gasteiger partial charge is 0.0270 e. The molecule has 1 aromatic rings. The van der Waals surface area contributed by atoms with Gasteiger partial charge in [0.1, 0.15) is 0 Å². The average molecular weight is 220 g/mol. The summed E-state index contributed by atoms with van der Waals surface area (Å²) in [5.74, 6) is 0. The molecule has 0 aromatic carbocycles. The van der Waals surface area contributed by atoms with E-state index in [-0.39, 0.29) is 0 Å². The summed E-state index contributed by atoms with van der Waals surface area (Å²) in [4.78, 5) is 4.02. The molecule has 1 rings (SSSR count). The number of pyridine rings is 1. The third kappa shape index (κ3) is 5.26. The quantitative estimate of drug-likeness (QED) is 0.728. The van der Waals surface area contributed by atoms with Crippen LogP contribution in [0.5, 0.6) is 0 Å². The molecule has 0 saturated carbocycles. The first-order chi connectivity index (χ1) is 7.86. The van der Waals surface area contributed by atoms with Crippen molar-refractivity contribution in [3.8, 4) is 0 Å². The van der Waals surface area contributed by atoms with E-state index in [0.717, 1.165) is 13.0 Å². The van der Waals surface area contributed by atoms with Gasteiger partial charge in [-0.25, -0.2) is 0 Å². The zero-order valence-corrected chi connectivity index (χ0v) is 10.6. The van der Waals surface area contributed by atoms with Crippen molar-refractivity contribution in [1.82, 2.24) is 10.3 Å². The highest BCUT2D eigenvalue weighted by Crippen LogP contribution is 2.04. The number of hydrogen-bond acceptors (Lipinski definition) is 2. The first-order valence-corrected chi connectivity index (χ1v) is 6.49. The van der Waals surface area contributed by atoms with Crippen molar-refractivity contribution in [2.75, 3.05) is 6.54 Å². The van der Waals surface area contributed by atoms with Crippen LogP contribution in [0.2, 0.25) is 0 Å². The number of nitrogens with zero attached hydrogens (tertiary/aromatic N) is 1. The normalized spacial score (nSPS) is 12.6. The number of aromatic nitrogens is 1. The standard InChI is InChI=1S/C14H24N2/c1-3-5-6-14(4-2)16-12-9-13-7-10-15-11-8-13/h7-8,10-11,14,16H,3-6,9,12H2,1-2H3. The number of hydrogen-bond donors (Lipinski definition) is 1. The van der Waals surface area contributed by atoms with E-state index in [9.17, 15) is 0 Å². The average Bonchev–Trinajstić information content (AvgIpc) is 2.35. The van der Waals surface area contributed by atoms with Crippen LogP contribution in [-0.2, 0) is 6.42 Å². The van der Waals surface area contributed by atoms with Crippen LogP contribution in [0.1, 0.15) is 45.1 Å². The topological polar surface area (TPSA) is 24.9 Å². The Balaban J connectivity index is 2.18. The molecule has 1 atom stereocenters. The molecule has 0 saturated heterocycles. The van der Waals surface area contributed by atoms with Crippen molar-refractivity contribution in [1.29, 1.82) is 0 Å². The summed E-state index contributed by atoms with van der Waals surface area (Å²) >= 11 is 0. The van der Waals surface area contributed by atoms with Crippen LogP contribution in [0.4, 0.5) is 0 Å². The minimum atomic E-state index is 0.696. The second kappa shape index (κ2) is 8.28. The van der Waals surface area contributed by atoms with Crippen LogP contribution in [0, 0.1) is 0 Å². The molecule has 1 heterocycles. The van der Waals surface area contributed by atoms with Gasteiger partial charge in [-0.2, -0.15) is 0 Å². The molecule has 0 aliphatic rings. The van der Waals surface area contributed by atoms with Crippen molar-refractivity contribution in [2.24, 2.45) is 0 Å². The maximum atomic E-state index is 4.02. The molecule has 1 unspecified atom stereocenters. The van der Waals surface area contributed by atoms with Gasteiger partial charge in [-0.3, -0.25) is 4.98 Å². The van der Waals surface area contributed by atoms with E-state index in [1.54, 1.807) is 0 Å². The van der Waals surface area contributed by atoms with Crippen LogP contribution in [0.25, 0.3) is 0 Å². The highest BCUT2D eigenvalue weighted by molar-refractivity contribution is 5.09. The van der Waals surface area contributed by atoms with Crippen LogP contribution >= 0.6 is 0 Å². The summed E-state index contributed by atoms with van der Waals surface area (Å²) in [6, 6.07) is 4.88. The lowest BCUT2D eigenvalue weighted by Gasteiger charge is -2.16. The van der Waals surface area contributed by atoms with Gasteiger partial charge in [0.2, 0.25) is 0 Å². The molecule has 0 fully saturated rings. The molecule has 90 valence electrons. The van der Waals surface area contributed by atoms with Gasteiger partial charge in [-0.15, -0.1) is 0 Å². The van der Waals surface area contributed by atoms with Gasteiger partial charge in [0.25, 0.3) is 0 Å². The van der Waals surface area contributed by atoms with Crippen LogP contribution in [0.3, 0.4) is 0 Å². The fraction of sp³-hybridized carbons (Fsp3) is 0.643. The molecule has 0 bridgehead atoms. The van der Waals surface area contributed by atoms with E-state index in [0.29, 0.717) is 6.04 Å². The lowest BCUT2D eigenvalue weighted by Crippen LogP contribution is -2.30. The fourth-order valence-corrected chi connectivity index (χ4v) is 1.87. The summed E-state index contributed by atoms with van der Waals surface area (Å²) in [5, 5.41) is 3.63. The molecule has 0 aliphatic heterocycles. The van der Waals surface area contributed by atoms with Gasteiger partial charge in [0.15, 0.2) is 0 Å². The van der Waals surface area contributed by atoms with E-state index < -0.39 is 0 Å². The van der Waals surface area contributed by atoms with Crippen molar-refractivity contribution in [2.45, 2.75) is 52.0 Å². The Bertz CT molecular complexity index is 259. The molecular weight excluding hydrogens is 196 g/mol. The van der Waals surface area contributed by atoms with E-state index in [1.807, 2.05) is 12.4 Å². The third-order valence-corrected chi connectivity index (χ3v) is 2.99. The van der Waals surface area contributed by atoms with Gasteiger partial charge in [0.05, 0.1) is 0 Å². The molecular formula is C14H24N2. The Kier molecular flexibility index (Phi) is 6.82. The predicted molar refractivity (Wildman–Crippen MR) is 69.5 cm³/mol. The predicted octanol–water partition coefficient (Wildman–Crippen LogP) is 3.18. The van der Waals surface area contributed by atoms with Crippen molar-refractivity contribution >= 4 is 0 Å². The first-order valence-electron chi connectivity index (χ1n) is 6.49. The van der Waals surface area contributed by atoms with E-state index >= 15 is 0 Å². The Hall–Kier alpha value is -0.890. The van der Waals surface area contributed by atoms with Crippen LogP contribution in [0.15, 0.2) is 24.5 Å². The summed E-state index contributed by atoms with van der Waals surface area (Å²) in [7, 11) is 0. The van der Waals surface area contributed by atoms with Gasteiger partial charge < -0.3 is 5.32 Å². The monoisotopic (exact) mass is 220 g/mol. The molecule has 2 heteroatoms. The van der Waals surface area contributed by atoms with Gasteiger partial charge in [-0.1, -0.05) is 26.7 Å². The summed E-state index contributed by atoms with van der Waals surface area (Å²) in [6.45, 7) is 5.59.